The van der Waals surface area contributed by atoms with E-state index < -0.39 is 0 Å². The van der Waals surface area contributed by atoms with E-state index in [0.29, 0.717) is 5.92 Å². The van der Waals surface area contributed by atoms with Gasteiger partial charge in [0, 0.05) is 38.3 Å². The van der Waals surface area contributed by atoms with Crippen LogP contribution in [0.1, 0.15) is 31.9 Å². The van der Waals surface area contributed by atoms with Crippen molar-refractivity contribution in [3.05, 3.63) is 18.2 Å². The molecule has 0 spiro atoms. The normalized spacial score (nSPS) is 32.0. The predicted molar refractivity (Wildman–Crippen MR) is 70.0 cm³/mol. The Morgan fingerprint density at radius 1 is 1.39 bits per heavy atom. The first-order chi connectivity index (χ1) is 8.78. The van der Waals surface area contributed by atoms with E-state index in [9.17, 15) is 5.11 Å². The number of nitrogens with zero attached hydrogens (tertiary/aromatic N) is 3. The van der Waals surface area contributed by atoms with Gasteiger partial charge in [-0.05, 0) is 25.2 Å². The summed E-state index contributed by atoms with van der Waals surface area (Å²) in [7, 11) is 0. The van der Waals surface area contributed by atoms with Gasteiger partial charge in [0.1, 0.15) is 0 Å². The molecule has 1 aromatic rings. The molecular formula is C14H23N3O. The minimum Gasteiger partial charge on any atom is -0.393 e. The molecule has 1 N–H and O–H groups in total. The number of likely N-dealkylation sites (tertiary alicyclic amines) is 1. The average molecular weight is 249 g/mol. The van der Waals surface area contributed by atoms with Crippen LogP contribution >= 0.6 is 0 Å². The van der Waals surface area contributed by atoms with Crippen molar-refractivity contribution in [3.8, 4) is 0 Å². The van der Waals surface area contributed by atoms with Crippen LogP contribution in [0.4, 0.5) is 0 Å². The summed E-state index contributed by atoms with van der Waals surface area (Å²) in [6.45, 7) is 6.45. The minimum absolute atomic E-state index is 0.0550. The van der Waals surface area contributed by atoms with E-state index in [1.807, 2.05) is 12.5 Å². The van der Waals surface area contributed by atoms with Gasteiger partial charge in [-0.25, -0.2) is 4.98 Å². The van der Waals surface area contributed by atoms with Gasteiger partial charge in [0.15, 0.2) is 0 Å². The SMILES string of the molecule is CCCn1cncc1CN1CC2CCC(O)C2C1. The van der Waals surface area contributed by atoms with E-state index in [4.69, 9.17) is 0 Å². The molecule has 0 amide bonds. The lowest BCUT2D eigenvalue weighted by Crippen LogP contribution is -2.25. The number of hydrogen-bond donors (Lipinski definition) is 1. The van der Waals surface area contributed by atoms with E-state index >= 15 is 0 Å². The lowest BCUT2D eigenvalue weighted by molar-refractivity contribution is 0.123. The van der Waals surface area contributed by atoms with Crippen LogP contribution in [0.3, 0.4) is 0 Å². The van der Waals surface area contributed by atoms with Gasteiger partial charge in [-0.1, -0.05) is 6.92 Å². The van der Waals surface area contributed by atoms with Gasteiger partial charge in [0.25, 0.3) is 0 Å². The highest BCUT2D eigenvalue weighted by molar-refractivity contribution is 5.01. The third-order valence-electron chi connectivity index (χ3n) is 4.54. The maximum atomic E-state index is 9.94. The first-order valence-corrected chi connectivity index (χ1v) is 7.17. The van der Waals surface area contributed by atoms with Crippen molar-refractivity contribution >= 4 is 0 Å². The summed E-state index contributed by atoms with van der Waals surface area (Å²) in [5, 5.41) is 9.94. The quantitative estimate of drug-likeness (QED) is 0.879. The number of imidazole rings is 1. The summed E-state index contributed by atoms with van der Waals surface area (Å²) in [4.78, 5) is 6.74. The van der Waals surface area contributed by atoms with Gasteiger partial charge >= 0.3 is 0 Å². The van der Waals surface area contributed by atoms with E-state index in [1.54, 1.807) is 0 Å². The zero-order valence-corrected chi connectivity index (χ0v) is 11.1. The third kappa shape index (κ3) is 2.19. The number of rotatable bonds is 4. The van der Waals surface area contributed by atoms with Crippen LogP contribution in [0.2, 0.25) is 0 Å². The fourth-order valence-electron chi connectivity index (χ4n) is 3.61. The van der Waals surface area contributed by atoms with E-state index in [2.05, 4.69) is 21.4 Å². The molecule has 0 radical (unpaired) electrons. The fourth-order valence-corrected chi connectivity index (χ4v) is 3.61. The molecule has 2 heterocycles. The van der Waals surface area contributed by atoms with Crippen molar-refractivity contribution in [2.45, 2.75) is 45.4 Å². The number of fused-ring (bicyclic) bond motifs is 1. The highest BCUT2D eigenvalue weighted by Crippen LogP contribution is 2.38. The number of hydrogen-bond acceptors (Lipinski definition) is 3. The fraction of sp³-hybridized carbons (Fsp3) is 0.786. The van der Waals surface area contributed by atoms with Crippen molar-refractivity contribution in [3.63, 3.8) is 0 Å². The number of aryl methyl sites for hydroxylation is 1. The Morgan fingerprint density at radius 3 is 3.06 bits per heavy atom. The summed E-state index contributed by atoms with van der Waals surface area (Å²) in [5.41, 5.74) is 1.31. The number of aromatic nitrogens is 2. The average Bonchev–Trinajstić information content (AvgIpc) is 3.01. The molecule has 3 rings (SSSR count). The number of aliphatic hydroxyl groups is 1. The Labute approximate surface area is 109 Å². The molecule has 4 nitrogen and oxygen atoms in total. The second-order valence-electron chi connectivity index (χ2n) is 5.84. The first-order valence-electron chi connectivity index (χ1n) is 7.17. The smallest absolute Gasteiger partial charge is 0.0948 e. The van der Waals surface area contributed by atoms with Crippen LogP contribution < -0.4 is 0 Å². The molecule has 1 aromatic heterocycles. The molecule has 2 aliphatic rings. The van der Waals surface area contributed by atoms with Crippen LogP contribution in [-0.2, 0) is 13.1 Å². The topological polar surface area (TPSA) is 41.3 Å². The summed E-state index contributed by atoms with van der Waals surface area (Å²) >= 11 is 0. The summed E-state index contributed by atoms with van der Waals surface area (Å²) in [6, 6.07) is 0. The Morgan fingerprint density at radius 2 is 2.28 bits per heavy atom. The Balaban J connectivity index is 1.62. The molecule has 2 fully saturated rings. The molecule has 1 aliphatic heterocycles. The maximum Gasteiger partial charge on any atom is 0.0948 e. The molecule has 18 heavy (non-hydrogen) atoms. The monoisotopic (exact) mass is 249 g/mol. The van der Waals surface area contributed by atoms with E-state index in [0.717, 1.165) is 44.9 Å². The van der Waals surface area contributed by atoms with Gasteiger partial charge in [-0.2, -0.15) is 0 Å². The van der Waals surface area contributed by atoms with Crippen LogP contribution in [0, 0.1) is 11.8 Å². The van der Waals surface area contributed by atoms with Crippen LogP contribution in [0.15, 0.2) is 12.5 Å². The largest absolute Gasteiger partial charge is 0.393 e. The second kappa shape index (κ2) is 5.02. The molecule has 1 saturated carbocycles. The van der Waals surface area contributed by atoms with Gasteiger partial charge in [0.05, 0.1) is 18.1 Å². The van der Waals surface area contributed by atoms with Crippen molar-refractivity contribution in [2.75, 3.05) is 13.1 Å². The molecule has 0 aromatic carbocycles. The van der Waals surface area contributed by atoms with Crippen LogP contribution in [0.25, 0.3) is 0 Å². The molecule has 3 unspecified atom stereocenters. The van der Waals surface area contributed by atoms with Gasteiger partial charge in [-0.15, -0.1) is 0 Å². The highest BCUT2D eigenvalue weighted by atomic mass is 16.3. The molecule has 0 bridgehead atoms. The van der Waals surface area contributed by atoms with E-state index in [-0.39, 0.29) is 6.10 Å². The maximum absolute atomic E-state index is 9.94. The molecular weight excluding hydrogens is 226 g/mol. The first kappa shape index (κ1) is 12.2. The van der Waals surface area contributed by atoms with Crippen molar-refractivity contribution in [2.24, 2.45) is 11.8 Å². The zero-order chi connectivity index (χ0) is 12.5. The Hall–Kier alpha value is -0.870. The van der Waals surface area contributed by atoms with Gasteiger partial charge < -0.3 is 9.67 Å². The van der Waals surface area contributed by atoms with Crippen molar-refractivity contribution in [1.82, 2.24) is 14.5 Å². The Bertz CT molecular complexity index is 403. The molecule has 100 valence electrons. The summed E-state index contributed by atoms with van der Waals surface area (Å²) in [5.74, 6) is 1.25. The van der Waals surface area contributed by atoms with Crippen molar-refractivity contribution < 1.29 is 5.11 Å². The molecule has 4 heteroatoms. The van der Waals surface area contributed by atoms with Crippen molar-refractivity contribution in [1.29, 1.82) is 0 Å². The van der Waals surface area contributed by atoms with Gasteiger partial charge in [-0.3, -0.25) is 4.90 Å². The van der Waals surface area contributed by atoms with Gasteiger partial charge in [0.2, 0.25) is 0 Å². The summed E-state index contributed by atoms with van der Waals surface area (Å²) < 4.78 is 2.25. The Kier molecular flexibility index (Phi) is 3.39. The third-order valence-corrected chi connectivity index (χ3v) is 4.54. The minimum atomic E-state index is -0.0550. The molecule has 1 aliphatic carbocycles. The van der Waals surface area contributed by atoms with Crippen LogP contribution in [0.5, 0.6) is 0 Å². The van der Waals surface area contributed by atoms with Crippen LogP contribution in [-0.4, -0.2) is 38.8 Å². The standard InChI is InChI=1S/C14H23N3O/c1-2-5-17-10-15-6-12(17)8-16-7-11-3-4-14(18)13(11)9-16/h6,10-11,13-14,18H,2-5,7-9H2,1H3. The lowest BCUT2D eigenvalue weighted by atomic mass is 10.00. The molecule has 1 saturated heterocycles. The lowest BCUT2D eigenvalue weighted by Gasteiger charge is -2.18. The number of aliphatic hydroxyl groups excluding tert-OH is 1. The highest BCUT2D eigenvalue weighted by Gasteiger charge is 2.41. The summed E-state index contributed by atoms with van der Waals surface area (Å²) in [6.07, 6.45) is 7.23. The second-order valence-corrected chi connectivity index (χ2v) is 5.84. The predicted octanol–water partition coefficient (Wildman–Crippen LogP) is 1.50. The van der Waals surface area contributed by atoms with E-state index in [1.165, 1.54) is 12.1 Å². The zero-order valence-electron chi connectivity index (χ0n) is 11.1. The molecule has 3 atom stereocenters.